The van der Waals surface area contributed by atoms with Crippen LogP contribution in [0, 0.1) is 17.8 Å². The van der Waals surface area contributed by atoms with Gasteiger partial charge in [-0.2, -0.15) is 0 Å². The summed E-state index contributed by atoms with van der Waals surface area (Å²) >= 11 is 0. The summed E-state index contributed by atoms with van der Waals surface area (Å²) < 4.78 is 0. The van der Waals surface area contributed by atoms with E-state index in [1.54, 1.807) is 0 Å². The standard InChI is InChI=1S/C12H24N2O/c1-8(2)9(3)12(15)14-6-5-11(7-14)10(4)13/h8-11H,5-7,13H2,1-4H3. The summed E-state index contributed by atoms with van der Waals surface area (Å²) in [5.74, 6) is 1.35. The van der Waals surface area contributed by atoms with Gasteiger partial charge in [-0.1, -0.05) is 20.8 Å². The smallest absolute Gasteiger partial charge is 0.225 e. The molecule has 1 aliphatic heterocycles. The lowest BCUT2D eigenvalue weighted by Crippen LogP contribution is -2.37. The molecule has 0 aliphatic carbocycles. The third-order valence-corrected chi connectivity index (χ3v) is 3.67. The second-order valence-corrected chi connectivity index (χ2v) is 5.22. The molecule has 0 saturated carbocycles. The van der Waals surface area contributed by atoms with E-state index in [0.717, 1.165) is 19.5 Å². The molecule has 1 rings (SSSR count). The Hall–Kier alpha value is -0.570. The zero-order chi connectivity index (χ0) is 11.6. The number of amides is 1. The molecule has 2 N–H and O–H groups in total. The quantitative estimate of drug-likeness (QED) is 0.770. The van der Waals surface area contributed by atoms with E-state index in [1.807, 2.05) is 18.7 Å². The molecule has 0 bridgehead atoms. The second kappa shape index (κ2) is 4.97. The van der Waals surface area contributed by atoms with Crippen molar-refractivity contribution in [2.24, 2.45) is 23.5 Å². The monoisotopic (exact) mass is 212 g/mol. The Morgan fingerprint density at radius 1 is 1.33 bits per heavy atom. The summed E-state index contributed by atoms with van der Waals surface area (Å²) in [7, 11) is 0. The number of nitrogens with zero attached hydrogens (tertiary/aromatic N) is 1. The van der Waals surface area contributed by atoms with E-state index in [1.165, 1.54) is 0 Å². The predicted octanol–water partition coefficient (Wildman–Crippen LogP) is 1.47. The molecule has 0 aromatic rings. The van der Waals surface area contributed by atoms with Gasteiger partial charge < -0.3 is 10.6 Å². The molecule has 15 heavy (non-hydrogen) atoms. The summed E-state index contributed by atoms with van der Waals surface area (Å²) in [6.45, 7) is 10.00. The van der Waals surface area contributed by atoms with Crippen LogP contribution in [0.3, 0.4) is 0 Å². The maximum atomic E-state index is 12.0. The van der Waals surface area contributed by atoms with Crippen LogP contribution in [-0.4, -0.2) is 29.9 Å². The number of carbonyl (C=O) groups excluding carboxylic acids is 1. The van der Waals surface area contributed by atoms with Crippen molar-refractivity contribution in [2.45, 2.75) is 40.2 Å². The van der Waals surface area contributed by atoms with Crippen LogP contribution in [0.4, 0.5) is 0 Å². The van der Waals surface area contributed by atoms with E-state index in [9.17, 15) is 4.79 Å². The maximum absolute atomic E-state index is 12.0. The van der Waals surface area contributed by atoms with E-state index in [-0.39, 0.29) is 12.0 Å². The lowest BCUT2D eigenvalue weighted by atomic mass is 9.96. The molecule has 3 unspecified atom stereocenters. The van der Waals surface area contributed by atoms with Crippen molar-refractivity contribution in [3.8, 4) is 0 Å². The molecule has 1 heterocycles. The molecule has 0 aromatic heterocycles. The fraction of sp³-hybridized carbons (Fsp3) is 0.917. The lowest BCUT2D eigenvalue weighted by Gasteiger charge is -2.23. The van der Waals surface area contributed by atoms with Crippen molar-refractivity contribution in [2.75, 3.05) is 13.1 Å². The molecule has 1 aliphatic rings. The van der Waals surface area contributed by atoms with E-state index in [0.29, 0.717) is 17.7 Å². The number of nitrogens with two attached hydrogens (primary N) is 1. The molecular weight excluding hydrogens is 188 g/mol. The Balaban J connectivity index is 2.50. The molecule has 0 radical (unpaired) electrons. The molecular formula is C12H24N2O. The number of hydrogen-bond acceptors (Lipinski definition) is 2. The molecule has 3 nitrogen and oxygen atoms in total. The predicted molar refractivity (Wildman–Crippen MR) is 62.3 cm³/mol. The van der Waals surface area contributed by atoms with Gasteiger partial charge in [0.2, 0.25) is 5.91 Å². The van der Waals surface area contributed by atoms with Crippen molar-refractivity contribution in [3.05, 3.63) is 0 Å². The summed E-state index contributed by atoms with van der Waals surface area (Å²) in [6.07, 6.45) is 1.06. The van der Waals surface area contributed by atoms with E-state index < -0.39 is 0 Å². The van der Waals surface area contributed by atoms with E-state index >= 15 is 0 Å². The normalized spacial score (nSPS) is 25.7. The highest BCUT2D eigenvalue weighted by Gasteiger charge is 2.31. The van der Waals surface area contributed by atoms with Crippen LogP contribution in [0.1, 0.15) is 34.1 Å². The minimum absolute atomic E-state index is 0.136. The van der Waals surface area contributed by atoms with Crippen molar-refractivity contribution >= 4 is 5.91 Å². The third-order valence-electron chi connectivity index (χ3n) is 3.67. The van der Waals surface area contributed by atoms with Crippen LogP contribution in [-0.2, 0) is 4.79 Å². The highest BCUT2D eigenvalue weighted by molar-refractivity contribution is 5.79. The van der Waals surface area contributed by atoms with Crippen LogP contribution >= 0.6 is 0 Å². The zero-order valence-electron chi connectivity index (χ0n) is 10.4. The zero-order valence-corrected chi connectivity index (χ0v) is 10.4. The molecule has 1 saturated heterocycles. The summed E-state index contributed by atoms with van der Waals surface area (Å²) in [4.78, 5) is 14.0. The number of hydrogen-bond donors (Lipinski definition) is 1. The van der Waals surface area contributed by atoms with Crippen LogP contribution in [0.2, 0.25) is 0 Å². The van der Waals surface area contributed by atoms with Crippen LogP contribution in [0.25, 0.3) is 0 Å². The van der Waals surface area contributed by atoms with Crippen LogP contribution in [0.15, 0.2) is 0 Å². The Morgan fingerprint density at radius 3 is 2.33 bits per heavy atom. The first-order valence-electron chi connectivity index (χ1n) is 5.97. The Kier molecular flexibility index (Phi) is 4.14. The first kappa shape index (κ1) is 12.5. The Labute approximate surface area is 93.0 Å². The Bertz CT molecular complexity index is 226. The van der Waals surface area contributed by atoms with E-state index in [4.69, 9.17) is 5.73 Å². The van der Waals surface area contributed by atoms with Gasteiger partial charge in [-0.05, 0) is 25.2 Å². The first-order valence-corrected chi connectivity index (χ1v) is 5.97. The van der Waals surface area contributed by atoms with Crippen molar-refractivity contribution < 1.29 is 4.79 Å². The van der Waals surface area contributed by atoms with Crippen LogP contribution < -0.4 is 5.73 Å². The number of rotatable bonds is 3. The maximum Gasteiger partial charge on any atom is 0.225 e. The molecule has 88 valence electrons. The number of likely N-dealkylation sites (tertiary alicyclic amines) is 1. The van der Waals surface area contributed by atoms with Crippen molar-refractivity contribution in [3.63, 3.8) is 0 Å². The topological polar surface area (TPSA) is 46.3 Å². The fourth-order valence-electron chi connectivity index (χ4n) is 1.99. The third kappa shape index (κ3) is 2.94. The summed E-state index contributed by atoms with van der Waals surface area (Å²) in [6, 6.07) is 0.206. The van der Waals surface area contributed by atoms with Crippen molar-refractivity contribution in [1.29, 1.82) is 0 Å². The minimum atomic E-state index is 0.136. The van der Waals surface area contributed by atoms with Gasteiger partial charge in [-0.15, -0.1) is 0 Å². The van der Waals surface area contributed by atoms with Gasteiger partial charge in [0.15, 0.2) is 0 Å². The number of carbonyl (C=O) groups is 1. The largest absolute Gasteiger partial charge is 0.342 e. The van der Waals surface area contributed by atoms with Crippen molar-refractivity contribution in [1.82, 2.24) is 4.90 Å². The van der Waals surface area contributed by atoms with Gasteiger partial charge in [-0.3, -0.25) is 4.79 Å². The lowest BCUT2D eigenvalue weighted by molar-refractivity contribution is -0.135. The van der Waals surface area contributed by atoms with Gasteiger partial charge in [0.1, 0.15) is 0 Å². The van der Waals surface area contributed by atoms with E-state index in [2.05, 4.69) is 13.8 Å². The van der Waals surface area contributed by atoms with Gasteiger partial charge in [0, 0.05) is 25.0 Å². The highest BCUT2D eigenvalue weighted by Crippen LogP contribution is 2.22. The minimum Gasteiger partial charge on any atom is -0.342 e. The first-order chi connectivity index (χ1) is 6.93. The molecule has 1 fully saturated rings. The molecule has 0 aromatic carbocycles. The molecule has 3 heteroatoms. The average Bonchev–Trinajstić information content (AvgIpc) is 2.64. The molecule has 3 atom stereocenters. The van der Waals surface area contributed by atoms with Gasteiger partial charge in [-0.25, -0.2) is 0 Å². The van der Waals surface area contributed by atoms with Crippen LogP contribution in [0.5, 0.6) is 0 Å². The highest BCUT2D eigenvalue weighted by atomic mass is 16.2. The molecule has 1 amide bonds. The van der Waals surface area contributed by atoms with Gasteiger partial charge in [0.05, 0.1) is 0 Å². The SMILES string of the molecule is CC(C)C(C)C(=O)N1CCC(C(C)N)C1. The molecule has 0 spiro atoms. The summed E-state index contributed by atoms with van der Waals surface area (Å²) in [5, 5.41) is 0. The van der Waals surface area contributed by atoms with Gasteiger partial charge >= 0.3 is 0 Å². The summed E-state index contributed by atoms with van der Waals surface area (Å²) in [5.41, 5.74) is 5.86. The van der Waals surface area contributed by atoms with Gasteiger partial charge in [0.25, 0.3) is 0 Å². The Morgan fingerprint density at radius 2 is 1.93 bits per heavy atom. The fourth-order valence-corrected chi connectivity index (χ4v) is 1.99. The second-order valence-electron chi connectivity index (χ2n) is 5.22. The average molecular weight is 212 g/mol.